The second-order valence-electron chi connectivity index (χ2n) is 5.68. The molecule has 7 heteroatoms. The largest absolute Gasteiger partial charge is 0.324 e. The molecule has 126 valence electrons. The molecule has 2 amide bonds. The summed E-state index contributed by atoms with van der Waals surface area (Å²) in [5, 5.41) is 12.4. The summed E-state index contributed by atoms with van der Waals surface area (Å²) in [6.07, 6.45) is 0.122. The lowest BCUT2D eigenvalue weighted by atomic mass is 10.1. The number of hydrogen-bond acceptors (Lipinski definition) is 3. The van der Waals surface area contributed by atoms with Crippen LogP contribution < -0.4 is 10.2 Å². The van der Waals surface area contributed by atoms with Gasteiger partial charge in [0, 0.05) is 23.7 Å². The fourth-order valence-electron chi connectivity index (χ4n) is 2.67. The van der Waals surface area contributed by atoms with Gasteiger partial charge >= 0.3 is 0 Å². The Kier molecular flexibility index (Phi) is 4.93. The monoisotopic (exact) mass is 373 g/mol. The van der Waals surface area contributed by atoms with E-state index in [1.54, 1.807) is 47.4 Å². The molecule has 5 nitrogen and oxygen atoms in total. The van der Waals surface area contributed by atoms with E-state index in [0.29, 0.717) is 27.0 Å². The molecule has 3 rings (SSSR count). The van der Waals surface area contributed by atoms with Crippen LogP contribution in [-0.4, -0.2) is 18.4 Å². The lowest BCUT2D eigenvalue weighted by Crippen LogP contribution is -2.28. The molecule has 2 aromatic carbocycles. The normalized spacial score (nSPS) is 16.6. The van der Waals surface area contributed by atoms with Crippen LogP contribution in [0.1, 0.15) is 12.0 Å². The van der Waals surface area contributed by atoms with E-state index >= 15 is 0 Å². The first-order valence-electron chi connectivity index (χ1n) is 7.54. The van der Waals surface area contributed by atoms with Crippen molar-refractivity contribution in [1.82, 2.24) is 0 Å². The number of carbonyl (C=O) groups excluding carboxylic acids is 2. The van der Waals surface area contributed by atoms with E-state index in [4.69, 9.17) is 28.5 Å². The van der Waals surface area contributed by atoms with Gasteiger partial charge in [-0.3, -0.25) is 9.59 Å². The molecule has 1 aliphatic heterocycles. The van der Waals surface area contributed by atoms with Gasteiger partial charge in [0.15, 0.2) is 0 Å². The molecule has 1 fully saturated rings. The maximum Gasteiger partial charge on any atom is 0.229 e. The van der Waals surface area contributed by atoms with Crippen molar-refractivity contribution >= 4 is 46.4 Å². The summed E-state index contributed by atoms with van der Waals surface area (Å²) in [7, 11) is 0. The lowest BCUT2D eigenvalue weighted by Gasteiger charge is -2.17. The summed E-state index contributed by atoms with van der Waals surface area (Å²) in [5.41, 5.74) is 1.64. The van der Waals surface area contributed by atoms with Crippen LogP contribution >= 0.6 is 23.2 Å². The molecule has 0 aromatic heterocycles. The van der Waals surface area contributed by atoms with Crippen LogP contribution in [-0.2, 0) is 9.59 Å². The Morgan fingerprint density at radius 3 is 2.56 bits per heavy atom. The van der Waals surface area contributed by atoms with E-state index in [2.05, 4.69) is 5.32 Å². The molecule has 1 atom stereocenters. The van der Waals surface area contributed by atoms with E-state index in [1.165, 1.54) is 0 Å². The highest BCUT2D eigenvalue weighted by Crippen LogP contribution is 2.29. The van der Waals surface area contributed by atoms with Gasteiger partial charge in [0.2, 0.25) is 11.8 Å². The molecular formula is C18H13Cl2N3O2. The summed E-state index contributed by atoms with van der Waals surface area (Å²) < 4.78 is 0. The second kappa shape index (κ2) is 7.14. The Balaban J connectivity index is 1.71. The van der Waals surface area contributed by atoms with Crippen LogP contribution in [0.3, 0.4) is 0 Å². The third-order valence-corrected chi connectivity index (χ3v) is 4.54. The average Bonchev–Trinajstić information content (AvgIpc) is 2.99. The zero-order valence-electron chi connectivity index (χ0n) is 13.0. The molecule has 1 saturated heterocycles. The predicted molar refractivity (Wildman–Crippen MR) is 96.7 cm³/mol. The summed E-state index contributed by atoms with van der Waals surface area (Å²) in [5.74, 6) is -0.879. The summed E-state index contributed by atoms with van der Waals surface area (Å²) >= 11 is 11.9. The molecule has 0 aliphatic carbocycles. The molecule has 0 radical (unpaired) electrons. The van der Waals surface area contributed by atoms with Gasteiger partial charge in [-0.05, 0) is 42.5 Å². The number of amides is 2. The number of nitrogens with zero attached hydrogens (tertiary/aromatic N) is 2. The zero-order valence-corrected chi connectivity index (χ0v) is 14.5. The minimum Gasteiger partial charge on any atom is -0.324 e. The fourth-order valence-corrected chi connectivity index (χ4v) is 3.13. The molecule has 1 unspecified atom stereocenters. The minimum absolute atomic E-state index is 0.122. The quantitative estimate of drug-likeness (QED) is 0.887. The van der Waals surface area contributed by atoms with E-state index in [1.807, 2.05) is 6.07 Å². The highest BCUT2D eigenvalue weighted by atomic mass is 35.5. The van der Waals surface area contributed by atoms with Crippen molar-refractivity contribution in [2.24, 2.45) is 5.92 Å². The van der Waals surface area contributed by atoms with Gasteiger partial charge in [-0.2, -0.15) is 5.26 Å². The van der Waals surface area contributed by atoms with Gasteiger partial charge in [0.25, 0.3) is 0 Å². The molecule has 0 spiro atoms. The number of hydrogen-bond donors (Lipinski definition) is 1. The van der Waals surface area contributed by atoms with Crippen LogP contribution in [0.2, 0.25) is 10.0 Å². The van der Waals surface area contributed by atoms with Crippen LogP contribution in [0, 0.1) is 17.2 Å². The molecule has 1 heterocycles. The molecule has 2 aromatic rings. The number of benzene rings is 2. The number of nitrogens with one attached hydrogen (secondary N) is 1. The second-order valence-corrected chi connectivity index (χ2v) is 6.52. The molecule has 1 N–H and O–H groups in total. The summed E-state index contributed by atoms with van der Waals surface area (Å²) in [6, 6.07) is 13.5. The summed E-state index contributed by atoms with van der Waals surface area (Å²) in [4.78, 5) is 26.2. The van der Waals surface area contributed by atoms with E-state index in [9.17, 15) is 9.59 Å². The third-order valence-electron chi connectivity index (χ3n) is 3.99. The van der Waals surface area contributed by atoms with Crippen LogP contribution in [0.5, 0.6) is 0 Å². The van der Waals surface area contributed by atoms with Crippen molar-refractivity contribution in [1.29, 1.82) is 5.26 Å². The highest BCUT2D eigenvalue weighted by molar-refractivity contribution is 6.36. The van der Waals surface area contributed by atoms with Crippen molar-refractivity contribution in [3.05, 3.63) is 58.1 Å². The molecule has 0 bridgehead atoms. The van der Waals surface area contributed by atoms with Crippen molar-refractivity contribution in [2.75, 3.05) is 16.8 Å². The van der Waals surface area contributed by atoms with Crippen LogP contribution in [0.4, 0.5) is 11.4 Å². The smallest absolute Gasteiger partial charge is 0.229 e. The van der Waals surface area contributed by atoms with Crippen LogP contribution in [0.25, 0.3) is 0 Å². The molecule has 0 saturated carbocycles. The van der Waals surface area contributed by atoms with Crippen molar-refractivity contribution < 1.29 is 9.59 Å². The van der Waals surface area contributed by atoms with Crippen LogP contribution in [0.15, 0.2) is 42.5 Å². The van der Waals surface area contributed by atoms with Gasteiger partial charge in [0.05, 0.1) is 28.3 Å². The lowest BCUT2D eigenvalue weighted by molar-refractivity contribution is -0.122. The van der Waals surface area contributed by atoms with Gasteiger partial charge in [0.1, 0.15) is 0 Å². The Labute approximate surface area is 154 Å². The number of anilines is 2. The van der Waals surface area contributed by atoms with E-state index in [0.717, 1.165) is 0 Å². The van der Waals surface area contributed by atoms with E-state index in [-0.39, 0.29) is 24.8 Å². The fraction of sp³-hybridized carbons (Fsp3) is 0.167. The van der Waals surface area contributed by atoms with Crippen molar-refractivity contribution in [3.8, 4) is 6.07 Å². The Morgan fingerprint density at radius 2 is 1.92 bits per heavy atom. The minimum atomic E-state index is -0.477. The number of carbonyl (C=O) groups is 2. The highest BCUT2D eigenvalue weighted by Gasteiger charge is 2.35. The first-order valence-corrected chi connectivity index (χ1v) is 8.30. The first-order chi connectivity index (χ1) is 12.0. The maximum absolute atomic E-state index is 12.5. The average molecular weight is 374 g/mol. The SMILES string of the molecule is N#Cc1ccc(N2CC(C(=O)Nc3ccc(Cl)cc3Cl)CC2=O)cc1. The standard InChI is InChI=1S/C18H13Cl2N3O2/c19-13-3-6-16(15(20)8-13)22-18(25)12-7-17(24)23(10-12)14-4-1-11(9-21)2-5-14/h1-6,8,12H,7,10H2,(H,22,25). The Hall–Kier alpha value is -2.55. The van der Waals surface area contributed by atoms with Gasteiger partial charge in [-0.15, -0.1) is 0 Å². The third kappa shape index (κ3) is 3.76. The van der Waals surface area contributed by atoms with E-state index < -0.39 is 5.92 Å². The number of rotatable bonds is 3. The maximum atomic E-state index is 12.5. The summed E-state index contributed by atoms with van der Waals surface area (Å²) in [6.45, 7) is 0.280. The topological polar surface area (TPSA) is 73.2 Å². The molecule has 1 aliphatic rings. The zero-order chi connectivity index (χ0) is 18.0. The van der Waals surface area contributed by atoms with Crippen molar-refractivity contribution in [3.63, 3.8) is 0 Å². The molecular weight excluding hydrogens is 361 g/mol. The Morgan fingerprint density at radius 1 is 1.20 bits per heavy atom. The predicted octanol–water partition coefficient (Wildman–Crippen LogP) is 3.86. The number of halogens is 2. The molecule has 25 heavy (non-hydrogen) atoms. The van der Waals surface area contributed by atoms with Gasteiger partial charge in [-0.1, -0.05) is 23.2 Å². The van der Waals surface area contributed by atoms with Crippen molar-refractivity contribution in [2.45, 2.75) is 6.42 Å². The first kappa shape index (κ1) is 17.3. The van der Waals surface area contributed by atoms with Gasteiger partial charge in [-0.25, -0.2) is 0 Å². The Bertz CT molecular complexity index is 875. The van der Waals surface area contributed by atoms with Gasteiger partial charge < -0.3 is 10.2 Å². The number of nitriles is 1.